The Bertz CT molecular complexity index is 663. The molecule has 0 aliphatic carbocycles. The van der Waals surface area contributed by atoms with Crippen molar-refractivity contribution in [1.29, 1.82) is 0 Å². The van der Waals surface area contributed by atoms with E-state index < -0.39 is 0 Å². The second-order valence-electron chi connectivity index (χ2n) is 5.64. The number of halogens is 1. The van der Waals surface area contributed by atoms with Crippen LogP contribution in [0.4, 0.5) is 0 Å². The average molecular weight is 394 g/mol. The van der Waals surface area contributed by atoms with Crippen LogP contribution in [-0.4, -0.2) is 27.3 Å². The third-order valence-corrected chi connectivity index (χ3v) is 4.51. The van der Waals surface area contributed by atoms with Crippen molar-refractivity contribution in [2.45, 2.75) is 52.4 Å². The zero-order chi connectivity index (χ0) is 17.5. The summed E-state index contributed by atoms with van der Waals surface area (Å²) in [6.07, 6.45) is 6.80. The SMILES string of the molecule is CCOC(=O)CCc1cn(-c2ccc(Br)cn2)nc1C(CC)CC. The highest BCUT2D eigenvalue weighted by molar-refractivity contribution is 9.10. The minimum atomic E-state index is -0.164. The number of rotatable bonds is 8. The number of ether oxygens (including phenoxy) is 1. The highest BCUT2D eigenvalue weighted by atomic mass is 79.9. The van der Waals surface area contributed by atoms with Crippen LogP contribution in [0.3, 0.4) is 0 Å². The normalized spacial score (nSPS) is 11.0. The number of carbonyl (C=O) groups is 1. The van der Waals surface area contributed by atoms with Crippen LogP contribution in [0.25, 0.3) is 5.82 Å². The van der Waals surface area contributed by atoms with Gasteiger partial charge in [0.15, 0.2) is 5.82 Å². The molecule has 5 nitrogen and oxygen atoms in total. The first kappa shape index (κ1) is 18.6. The Morgan fingerprint density at radius 3 is 2.62 bits per heavy atom. The number of nitrogens with zero attached hydrogens (tertiary/aromatic N) is 3. The van der Waals surface area contributed by atoms with Gasteiger partial charge in [-0.3, -0.25) is 4.79 Å². The Morgan fingerprint density at radius 2 is 2.04 bits per heavy atom. The van der Waals surface area contributed by atoms with Gasteiger partial charge in [0, 0.05) is 29.2 Å². The highest BCUT2D eigenvalue weighted by Crippen LogP contribution is 2.27. The summed E-state index contributed by atoms with van der Waals surface area (Å²) in [5.41, 5.74) is 2.16. The summed E-state index contributed by atoms with van der Waals surface area (Å²) in [6, 6.07) is 3.86. The van der Waals surface area contributed by atoms with Crippen molar-refractivity contribution in [1.82, 2.24) is 14.8 Å². The van der Waals surface area contributed by atoms with Crippen LogP contribution in [0.5, 0.6) is 0 Å². The molecule has 0 N–H and O–H groups in total. The zero-order valence-electron chi connectivity index (χ0n) is 14.5. The molecule has 130 valence electrons. The Labute approximate surface area is 151 Å². The van der Waals surface area contributed by atoms with E-state index in [9.17, 15) is 4.79 Å². The van der Waals surface area contributed by atoms with Crippen molar-refractivity contribution in [3.05, 3.63) is 40.3 Å². The molecule has 6 heteroatoms. The zero-order valence-corrected chi connectivity index (χ0v) is 16.0. The lowest BCUT2D eigenvalue weighted by atomic mass is 9.95. The van der Waals surface area contributed by atoms with Crippen LogP contribution in [0.15, 0.2) is 29.0 Å². The van der Waals surface area contributed by atoms with Gasteiger partial charge in [0.25, 0.3) is 0 Å². The predicted octanol–water partition coefficient (Wildman–Crippen LogP) is 4.43. The first-order valence-electron chi connectivity index (χ1n) is 8.44. The van der Waals surface area contributed by atoms with Crippen molar-refractivity contribution in [2.75, 3.05) is 6.61 Å². The van der Waals surface area contributed by atoms with Gasteiger partial charge in [-0.2, -0.15) is 5.10 Å². The van der Waals surface area contributed by atoms with Crippen molar-refractivity contribution in [3.8, 4) is 5.82 Å². The molecule has 2 aromatic rings. The van der Waals surface area contributed by atoms with Crippen molar-refractivity contribution in [2.24, 2.45) is 0 Å². The lowest BCUT2D eigenvalue weighted by molar-refractivity contribution is -0.143. The van der Waals surface area contributed by atoms with E-state index in [1.807, 2.05) is 25.3 Å². The monoisotopic (exact) mass is 393 g/mol. The molecule has 0 aromatic carbocycles. The Balaban J connectivity index is 2.29. The van der Waals surface area contributed by atoms with Crippen molar-refractivity contribution >= 4 is 21.9 Å². The summed E-state index contributed by atoms with van der Waals surface area (Å²) in [6.45, 7) is 6.57. The predicted molar refractivity (Wildman–Crippen MR) is 97.3 cm³/mol. The van der Waals surface area contributed by atoms with Gasteiger partial charge in [-0.1, -0.05) is 13.8 Å². The summed E-state index contributed by atoms with van der Waals surface area (Å²) in [4.78, 5) is 16.1. The van der Waals surface area contributed by atoms with Crippen LogP contribution in [-0.2, 0) is 16.0 Å². The largest absolute Gasteiger partial charge is 0.466 e. The standard InChI is InChI=1S/C18H24BrN3O2/c1-4-13(5-2)18-14(7-10-17(23)24-6-3)12-22(21-18)16-9-8-15(19)11-20-16/h8-9,11-13H,4-7,10H2,1-3H3. The first-order valence-corrected chi connectivity index (χ1v) is 9.24. The van der Waals surface area contributed by atoms with E-state index in [4.69, 9.17) is 9.84 Å². The molecule has 0 aliphatic heterocycles. The van der Waals surface area contributed by atoms with Gasteiger partial charge in [-0.15, -0.1) is 0 Å². The summed E-state index contributed by atoms with van der Waals surface area (Å²) < 4.78 is 7.78. The Hall–Kier alpha value is -1.69. The van der Waals surface area contributed by atoms with Gasteiger partial charge in [-0.25, -0.2) is 9.67 Å². The Kier molecular flexibility index (Phi) is 6.97. The molecule has 2 heterocycles. The van der Waals surface area contributed by atoms with Gasteiger partial charge < -0.3 is 4.74 Å². The fourth-order valence-electron chi connectivity index (χ4n) is 2.73. The summed E-state index contributed by atoms with van der Waals surface area (Å²) >= 11 is 3.40. The molecule has 0 bridgehead atoms. The van der Waals surface area contributed by atoms with E-state index in [0.717, 1.165) is 34.4 Å². The highest BCUT2D eigenvalue weighted by Gasteiger charge is 2.18. The van der Waals surface area contributed by atoms with Crippen LogP contribution in [0, 0.1) is 0 Å². The lowest BCUT2D eigenvalue weighted by Gasteiger charge is -2.11. The molecular formula is C18H24BrN3O2. The lowest BCUT2D eigenvalue weighted by Crippen LogP contribution is -2.07. The molecule has 0 saturated heterocycles. The van der Waals surface area contributed by atoms with E-state index in [2.05, 4.69) is 34.8 Å². The average Bonchev–Trinajstić information content (AvgIpc) is 2.99. The summed E-state index contributed by atoms with van der Waals surface area (Å²) in [5.74, 6) is 0.995. The van der Waals surface area contributed by atoms with Gasteiger partial charge in [0.1, 0.15) is 0 Å². The molecule has 2 rings (SSSR count). The fourth-order valence-corrected chi connectivity index (χ4v) is 2.96. The molecular weight excluding hydrogens is 370 g/mol. The summed E-state index contributed by atoms with van der Waals surface area (Å²) in [7, 11) is 0. The second-order valence-corrected chi connectivity index (χ2v) is 6.55. The van der Waals surface area contributed by atoms with Gasteiger partial charge >= 0.3 is 5.97 Å². The number of carbonyl (C=O) groups excluding carboxylic acids is 1. The van der Waals surface area contributed by atoms with E-state index >= 15 is 0 Å². The maximum Gasteiger partial charge on any atom is 0.306 e. The quantitative estimate of drug-likeness (QED) is 0.622. The van der Waals surface area contributed by atoms with E-state index in [-0.39, 0.29) is 5.97 Å². The molecule has 0 saturated carbocycles. The molecule has 24 heavy (non-hydrogen) atoms. The molecule has 0 aliphatic rings. The van der Waals surface area contributed by atoms with Gasteiger partial charge in [-0.05, 0) is 59.8 Å². The maximum absolute atomic E-state index is 11.7. The number of pyridine rings is 1. The molecule has 0 atom stereocenters. The molecule has 0 fully saturated rings. The fraction of sp³-hybridized carbons (Fsp3) is 0.500. The smallest absolute Gasteiger partial charge is 0.306 e. The molecule has 0 amide bonds. The van der Waals surface area contributed by atoms with Gasteiger partial charge in [0.05, 0.1) is 12.3 Å². The van der Waals surface area contributed by atoms with E-state index in [1.54, 1.807) is 10.9 Å². The number of esters is 1. The third kappa shape index (κ3) is 4.66. The number of aryl methyl sites for hydroxylation is 1. The van der Waals surface area contributed by atoms with E-state index in [0.29, 0.717) is 25.4 Å². The van der Waals surface area contributed by atoms with E-state index in [1.165, 1.54) is 0 Å². The topological polar surface area (TPSA) is 57.0 Å². The molecule has 0 spiro atoms. The minimum absolute atomic E-state index is 0.164. The molecule has 0 radical (unpaired) electrons. The van der Waals surface area contributed by atoms with Crippen LogP contribution in [0.1, 0.15) is 57.2 Å². The van der Waals surface area contributed by atoms with Crippen molar-refractivity contribution in [3.63, 3.8) is 0 Å². The summed E-state index contributed by atoms with van der Waals surface area (Å²) in [5, 5.41) is 4.76. The number of hydrogen-bond donors (Lipinski definition) is 0. The Morgan fingerprint density at radius 1 is 1.29 bits per heavy atom. The van der Waals surface area contributed by atoms with Crippen molar-refractivity contribution < 1.29 is 9.53 Å². The number of hydrogen-bond acceptors (Lipinski definition) is 4. The second kappa shape index (κ2) is 8.97. The van der Waals surface area contributed by atoms with Crippen LogP contribution < -0.4 is 0 Å². The maximum atomic E-state index is 11.7. The number of aromatic nitrogens is 3. The third-order valence-electron chi connectivity index (χ3n) is 4.05. The molecule has 0 unspecified atom stereocenters. The van der Waals surface area contributed by atoms with Crippen LogP contribution >= 0.6 is 15.9 Å². The van der Waals surface area contributed by atoms with Gasteiger partial charge in [0.2, 0.25) is 0 Å². The minimum Gasteiger partial charge on any atom is -0.466 e. The molecule has 2 aromatic heterocycles. The van der Waals surface area contributed by atoms with Crippen LogP contribution in [0.2, 0.25) is 0 Å². The first-order chi connectivity index (χ1) is 11.6.